The summed E-state index contributed by atoms with van der Waals surface area (Å²) in [6, 6.07) is 0. The highest BCUT2D eigenvalue weighted by atomic mass is 127. The zero-order valence-corrected chi connectivity index (χ0v) is 4.30. The van der Waals surface area contributed by atoms with Crippen molar-refractivity contribution in [3.05, 3.63) is 0 Å². The summed E-state index contributed by atoms with van der Waals surface area (Å²) in [6.45, 7) is 0. The molecule has 0 aliphatic rings. The molecular weight excluding hydrogens is 187 g/mol. The molecule has 0 saturated heterocycles. The standard InChI is InChI=1S/CHIO3/c2-5-1(3)4/h(H,3,4). The molecule has 30 valence electrons. The van der Waals surface area contributed by atoms with Crippen molar-refractivity contribution in [2.24, 2.45) is 0 Å². The van der Waals surface area contributed by atoms with Gasteiger partial charge in [-0.1, -0.05) is 0 Å². The molecule has 0 atom stereocenters. The van der Waals surface area contributed by atoms with E-state index in [-0.39, 0.29) is 0 Å². The predicted octanol–water partition coefficient (Wildman–Crippen LogP) is 1.03. The minimum Gasteiger partial charge on any atom is -0.449 e. The molecule has 0 aromatic carbocycles. The van der Waals surface area contributed by atoms with Gasteiger partial charge in [-0.15, -0.1) is 0 Å². The van der Waals surface area contributed by atoms with Crippen LogP contribution < -0.4 is 0 Å². The van der Waals surface area contributed by atoms with E-state index in [0.29, 0.717) is 0 Å². The lowest BCUT2D eigenvalue weighted by Crippen LogP contribution is -1.84. The SMILES string of the molecule is O=C(O)OI. The first-order chi connectivity index (χ1) is 2.27. The molecule has 0 aromatic heterocycles. The lowest BCUT2D eigenvalue weighted by atomic mass is 11.5. The number of halogens is 1. The smallest absolute Gasteiger partial charge is 0.449 e. The summed E-state index contributed by atoms with van der Waals surface area (Å²) < 4.78 is 3.64. The normalized spacial score (nSPS) is 6.60. The maximum absolute atomic E-state index is 9.14. The Hall–Kier alpha value is 0. The number of carboxylic acid groups (broad SMARTS) is 1. The molecule has 1 N–H and O–H groups in total. The van der Waals surface area contributed by atoms with Crippen molar-refractivity contribution in [3.8, 4) is 0 Å². The van der Waals surface area contributed by atoms with Gasteiger partial charge in [0.2, 0.25) is 0 Å². The molecule has 0 rings (SSSR count). The van der Waals surface area contributed by atoms with Crippen molar-refractivity contribution in [1.29, 1.82) is 0 Å². The van der Waals surface area contributed by atoms with Gasteiger partial charge in [0.25, 0.3) is 0 Å². The van der Waals surface area contributed by atoms with E-state index in [9.17, 15) is 0 Å². The molecule has 5 heavy (non-hydrogen) atoms. The van der Waals surface area contributed by atoms with Crippen LogP contribution in [0.1, 0.15) is 0 Å². The summed E-state index contributed by atoms with van der Waals surface area (Å²) in [7, 11) is 0. The second-order valence-electron chi connectivity index (χ2n) is 0.343. The fourth-order valence-electron chi connectivity index (χ4n) is 0. The fraction of sp³-hybridized carbons (Fsp3) is 0. The van der Waals surface area contributed by atoms with Crippen molar-refractivity contribution in [2.45, 2.75) is 0 Å². The van der Waals surface area contributed by atoms with Crippen molar-refractivity contribution >= 4 is 29.2 Å². The van der Waals surface area contributed by atoms with Crippen LogP contribution in [0.3, 0.4) is 0 Å². The monoisotopic (exact) mass is 188 g/mol. The molecule has 0 amide bonds. The molecule has 0 unspecified atom stereocenters. The van der Waals surface area contributed by atoms with Gasteiger partial charge in [0, 0.05) is 0 Å². The van der Waals surface area contributed by atoms with E-state index in [1.165, 1.54) is 23.0 Å². The molecule has 0 aliphatic carbocycles. The summed E-state index contributed by atoms with van der Waals surface area (Å²) in [6.07, 6.45) is -1.26. The molecule has 3 nitrogen and oxygen atoms in total. The molecule has 0 bridgehead atoms. The maximum atomic E-state index is 9.14. The Morgan fingerprint density at radius 3 is 2.20 bits per heavy atom. The zero-order chi connectivity index (χ0) is 4.28. The van der Waals surface area contributed by atoms with E-state index in [4.69, 9.17) is 9.90 Å². The van der Waals surface area contributed by atoms with Gasteiger partial charge in [-0.2, -0.15) is 0 Å². The number of carbonyl (C=O) groups is 1. The van der Waals surface area contributed by atoms with E-state index >= 15 is 0 Å². The van der Waals surface area contributed by atoms with E-state index in [1.807, 2.05) is 0 Å². The maximum Gasteiger partial charge on any atom is 0.515 e. The number of rotatable bonds is 0. The fourth-order valence-corrected chi connectivity index (χ4v) is 0. The molecule has 0 heterocycles. The van der Waals surface area contributed by atoms with Crippen molar-refractivity contribution in [1.82, 2.24) is 0 Å². The zero-order valence-electron chi connectivity index (χ0n) is 2.14. The minimum atomic E-state index is -1.26. The lowest BCUT2D eigenvalue weighted by Gasteiger charge is -1.74. The van der Waals surface area contributed by atoms with Gasteiger partial charge in [-0.05, 0) is 0 Å². The van der Waals surface area contributed by atoms with E-state index in [2.05, 4.69) is 3.07 Å². The molecule has 0 fully saturated rings. The quantitative estimate of drug-likeness (QED) is 0.577. The Balaban J connectivity index is 2.85. The Bertz CT molecular complexity index is 42.2. The third-order valence-electron chi connectivity index (χ3n) is 0.0660. The Morgan fingerprint density at radius 2 is 2.20 bits per heavy atom. The van der Waals surface area contributed by atoms with Crippen molar-refractivity contribution in [2.75, 3.05) is 0 Å². The average Bonchev–Trinajstić information content (AvgIpc) is 1.38. The highest BCUT2D eigenvalue weighted by molar-refractivity contribution is 14.1. The highest BCUT2D eigenvalue weighted by Crippen LogP contribution is 1.82. The van der Waals surface area contributed by atoms with Crippen molar-refractivity contribution < 1.29 is 13.0 Å². The van der Waals surface area contributed by atoms with Crippen LogP contribution in [0.4, 0.5) is 4.79 Å². The molecule has 0 aliphatic heterocycles. The largest absolute Gasteiger partial charge is 0.515 e. The van der Waals surface area contributed by atoms with E-state index < -0.39 is 6.16 Å². The average molecular weight is 188 g/mol. The van der Waals surface area contributed by atoms with Gasteiger partial charge in [0.15, 0.2) is 23.0 Å². The summed E-state index contributed by atoms with van der Waals surface area (Å²) >= 11 is 1.28. The van der Waals surface area contributed by atoms with Crippen LogP contribution >= 0.6 is 23.0 Å². The first-order valence-electron chi connectivity index (χ1n) is 0.786. The van der Waals surface area contributed by atoms with Gasteiger partial charge in [0.05, 0.1) is 0 Å². The van der Waals surface area contributed by atoms with Crippen LogP contribution in [-0.4, -0.2) is 11.3 Å². The molecule has 4 heteroatoms. The van der Waals surface area contributed by atoms with Crippen LogP contribution in [0.15, 0.2) is 0 Å². The first kappa shape index (κ1) is 5.00. The third kappa shape index (κ3) is 4.00. The summed E-state index contributed by atoms with van der Waals surface area (Å²) in [5.74, 6) is 0. The lowest BCUT2D eigenvalue weighted by molar-refractivity contribution is 0.160. The summed E-state index contributed by atoms with van der Waals surface area (Å²) in [4.78, 5) is 9.14. The van der Waals surface area contributed by atoms with E-state index in [1.54, 1.807) is 0 Å². The summed E-state index contributed by atoms with van der Waals surface area (Å²) in [5, 5.41) is 7.49. The molecule has 0 saturated carbocycles. The van der Waals surface area contributed by atoms with E-state index in [0.717, 1.165) is 0 Å². The molecule has 0 spiro atoms. The van der Waals surface area contributed by atoms with Gasteiger partial charge in [0.1, 0.15) is 0 Å². The summed E-state index contributed by atoms with van der Waals surface area (Å²) in [5.41, 5.74) is 0. The second-order valence-corrected chi connectivity index (χ2v) is 0.783. The number of hydrogen-bond acceptors (Lipinski definition) is 2. The second kappa shape index (κ2) is 2.25. The third-order valence-corrected chi connectivity index (χ3v) is 0.443. The van der Waals surface area contributed by atoms with Crippen LogP contribution in [0.2, 0.25) is 0 Å². The van der Waals surface area contributed by atoms with Crippen LogP contribution in [0.5, 0.6) is 0 Å². The Labute approximate surface area is 42.6 Å². The molecule has 0 radical (unpaired) electrons. The first-order valence-corrected chi connectivity index (χ1v) is 1.67. The Morgan fingerprint density at radius 1 is 2.00 bits per heavy atom. The molecule has 0 aromatic rings. The van der Waals surface area contributed by atoms with Crippen molar-refractivity contribution in [3.63, 3.8) is 0 Å². The topological polar surface area (TPSA) is 46.5 Å². The van der Waals surface area contributed by atoms with Crippen LogP contribution in [0, 0.1) is 0 Å². The Kier molecular flexibility index (Phi) is 2.25. The van der Waals surface area contributed by atoms with Crippen LogP contribution in [0.25, 0.3) is 0 Å². The van der Waals surface area contributed by atoms with Gasteiger partial charge in [-0.25, -0.2) is 4.79 Å². The van der Waals surface area contributed by atoms with Gasteiger partial charge >= 0.3 is 6.16 Å². The molecular formula is CHIO3. The number of hydrogen-bond donors (Lipinski definition) is 1. The van der Waals surface area contributed by atoms with Gasteiger partial charge in [-0.3, -0.25) is 0 Å². The van der Waals surface area contributed by atoms with Crippen LogP contribution in [-0.2, 0) is 3.07 Å². The predicted molar refractivity (Wildman–Crippen MR) is 23.1 cm³/mol. The van der Waals surface area contributed by atoms with Gasteiger partial charge < -0.3 is 8.17 Å². The highest BCUT2D eigenvalue weighted by Gasteiger charge is 1.83. The minimum absolute atomic E-state index is 1.26.